The molecule has 0 atom stereocenters. The Kier molecular flexibility index (Phi) is 7.68. The maximum Gasteiger partial charge on any atom is 0.196 e. The van der Waals surface area contributed by atoms with Crippen LogP contribution in [0.1, 0.15) is 45.4 Å². The van der Waals surface area contributed by atoms with Crippen molar-refractivity contribution in [2.45, 2.75) is 45.4 Å². The SMILES string of the molecule is CCCCCCC/C=C(\F)C#N. The van der Waals surface area contributed by atoms with Crippen LogP contribution in [0, 0.1) is 11.3 Å². The van der Waals surface area contributed by atoms with Gasteiger partial charge in [-0.15, -0.1) is 0 Å². The highest BCUT2D eigenvalue weighted by atomic mass is 19.1. The van der Waals surface area contributed by atoms with Crippen molar-refractivity contribution in [1.82, 2.24) is 0 Å². The summed E-state index contributed by atoms with van der Waals surface area (Å²) >= 11 is 0. The molecule has 0 aliphatic carbocycles. The molecule has 0 aromatic rings. The highest BCUT2D eigenvalue weighted by Gasteiger charge is 1.90. The molecule has 0 aliphatic heterocycles. The zero-order valence-electron chi connectivity index (χ0n) is 7.65. The maximum atomic E-state index is 12.2. The van der Waals surface area contributed by atoms with Gasteiger partial charge in [0, 0.05) is 0 Å². The molecule has 1 nitrogen and oxygen atoms in total. The average molecular weight is 169 g/mol. The predicted octanol–water partition coefficient (Wildman–Crippen LogP) is 3.72. The molecule has 0 amide bonds. The Morgan fingerprint density at radius 3 is 2.58 bits per heavy atom. The molecule has 12 heavy (non-hydrogen) atoms. The molecule has 0 aliphatic rings. The molecule has 2 heteroatoms. The van der Waals surface area contributed by atoms with Crippen LogP contribution in [-0.4, -0.2) is 0 Å². The van der Waals surface area contributed by atoms with Crippen LogP contribution in [0.3, 0.4) is 0 Å². The van der Waals surface area contributed by atoms with E-state index in [4.69, 9.17) is 5.26 Å². The van der Waals surface area contributed by atoms with Crippen molar-refractivity contribution in [2.75, 3.05) is 0 Å². The summed E-state index contributed by atoms with van der Waals surface area (Å²) in [5.41, 5.74) is 0. The van der Waals surface area contributed by atoms with Gasteiger partial charge >= 0.3 is 0 Å². The van der Waals surface area contributed by atoms with Crippen LogP contribution in [-0.2, 0) is 0 Å². The number of rotatable bonds is 6. The second kappa shape index (κ2) is 8.26. The van der Waals surface area contributed by atoms with Crippen LogP contribution < -0.4 is 0 Å². The number of hydrogen-bond acceptors (Lipinski definition) is 1. The average Bonchev–Trinajstić information content (AvgIpc) is 2.10. The Morgan fingerprint density at radius 1 is 1.33 bits per heavy atom. The lowest BCUT2D eigenvalue weighted by atomic mass is 10.1. The second-order valence-corrected chi connectivity index (χ2v) is 2.87. The fraction of sp³-hybridized carbons (Fsp3) is 0.700. The minimum Gasteiger partial charge on any atom is -0.195 e. The van der Waals surface area contributed by atoms with Gasteiger partial charge in [-0.3, -0.25) is 0 Å². The van der Waals surface area contributed by atoms with E-state index >= 15 is 0 Å². The standard InChI is InChI=1S/C10H16FN/c1-2-3-4-5-6-7-8-10(11)9-12/h8H,2-7H2,1H3/b10-8-. The third-order valence-electron chi connectivity index (χ3n) is 1.74. The van der Waals surface area contributed by atoms with Gasteiger partial charge in [0.15, 0.2) is 5.83 Å². The summed E-state index contributed by atoms with van der Waals surface area (Å²) in [6.45, 7) is 2.16. The zero-order chi connectivity index (χ0) is 9.23. The predicted molar refractivity (Wildman–Crippen MR) is 48.2 cm³/mol. The van der Waals surface area contributed by atoms with Crippen LogP contribution in [0.15, 0.2) is 11.9 Å². The summed E-state index contributed by atoms with van der Waals surface area (Å²) in [6.07, 6.45) is 7.90. The summed E-state index contributed by atoms with van der Waals surface area (Å²) in [5.74, 6) is -0.648. The summed E-state index contributed by atoms with van der Waals surface area (Å²) in [4.78, 5) is 0. The Bertz CT molecular complexity index is 167. The third kappa shape index (κ3) is 7.27. The molecule has 0 heterocycles. The van der Waals surface area contributed by atoms with Crippen LogP contribution in [0.4, 0.5) is 4.39 Å². The fourth-order valence-electron chi connectivity index (χ4n) is 1.02. The van der Waals surface area contributed by atoms with Gasteiger partial charge in [0.25, 0.3) is 0 Å². The molecule has 0 aromatic carbocycles. The molecule has 0 radical (unpaired) electrons. The fourth-order valence-corrected chi connectivity index (χ4v) is 1.02. The van der Waals surface area contributed by atoms with Gasteiger partial charge in [-0.05, 0) is 18.9 Å². The van der Waals surface area contributed by atoms with E-state index in [0.717, 1.165) is 12.8 Å². The van der Waals surface area contributed by atoms with Gasteiger partial charge in [0.05, 0.1) is 0 Å². The first kappa shape index (κ1) is 11.2. The number of halogens is 1. The Balaban J connectivity index is 3.17. The normalized spacial score (nSPS) is 11.2. The van der Waals surface area contributed by atoms with Crippen molar-refractivity contribution in [2.24, 2.45) is 0 Å². The van der Waals surface area contributed by atoms with Gasteiger partial charge in [0.2, 0.25) is 0 Å². The Morgan fingerprint density at radius 2 is 2.00 bits per heavy atom. The van der Waals surface area contributed by atoms with Crippen molar-refractivity contribution in [3.8, 4) is 6.07 Å². The van der Waals surface area contributed by atoms with E-state index in [1.165, 1.54) is 31.4 Å². The summed E-state index contributed by atoms with van der Waals surface area (Å²) in [5, 5.41) is 8.08. The molecular weight excluding hydrogens is 153 g/mol. The molecule has 68 valence electrons. The molecule has 0 aromatic heterocycles. The number of nitriles is 1. The molecule has 0 unspecified atom stereocenters. The number of hydrogen-bond donors (Lipinski definition) is 0. The minimum atomic E-state index is -0.648. The summed E-state index contributed by atoms with van der Waals surface area (Å²) in [7, 11) is 0. The molecule has 0 rings (SSSR count). The van der Waals surface area contributed by atoms with Gasteiger partial charge < -0.3 is 0 Å². The zero-order valence-corrected chi connectivity index (χ0v) is 7.65. The summed E-state index contributed by atoms with van der Waals surface area (Å²) < 4.78 is 12.2. The van der Waals surface area contributed by atoms with Crippen molar-refractivity contribution in [1.29, 1.82) is 5.26 Å². The van der Waals surface area contributed by atoms with Crippen LogP contribution in [0.5, 0.6) is 0 Å². The number of nitrogens with zero attached hydrogens (tertiary/aromatic N) is 1. The Labute approximate surface area is 73.9 Å². The van der Waals surface area contributed by atoms with Crippen molar-refractivity contribution >= 4 is 0 Å². The smallest absolute Gasteiger partial charge is 0.195 e. The van der Waals surface area contributed by atoms with E-state index < -0.39 is 5.83 Å². The molecule has 0 bridgehead atoms. The van der Waals surface area contributed by atoms with Gasteiger partial charge in [0.1, 0.15) is 6.07 Å². The number of unbranched alkanes of at least 4 members (excludes halogenated alkanes) is 5. The first-order chi connectivity index (χ1) is 5.81. The van der Waals surface area contributed by atoms with E-state index in [1.807, 2.05) is 0 Å². The van der Waals surface area contributed by atoms with Crippen molar-refractivity contribution in [3.05, 3.63) is 11.9 Å². The topological polar surface area (TPSA) is 23.8 Å². The first-order valence-electron chi connectivity index (χ1n) is 4.57. The van der Waals surface area contributed by atoms with Crippen LogP contribution in [0.25, 0.3) is 0 Å². The highest BCUT2D eigenvalue weighted by Crippen LogP contribution is 2.06. The first-order valence-corrected chi connectivity index (χ1v) is 4.57. The molecular formula is C10H16FN. The van der Waals surface area contributed by atoms with Crippen LogP contribution >= 0.6 is 0 Å². The van der Waals surface area contributed by atoms with Gasteiger partial charge in [-0.2, -0.15) is 9.65 Å². The molecule has 0 saturated carbocycles. The lowest BCUT2D eigenvalue weighted by Gasteiger charge is -1.95. The lowest BCUT2D eigenvalue weighted by Crippen LogP contribution is -1.76. The van der Waals surface area contributed by atoms with E-state index in [-0.39, 0.29) is 0 Å². The van der Waals surface area contributed by atoms with E-state index in [1.54, 1.807) is 0 Å². The lowest BCUT2D eigenvalue weighted by molar-refractivity contribution is 0.624. The summed E-state index contributed by atoms with van der Waals surface area (Å²) in [6, 6.07) is 1.46. The van der Waals surface area contributed by atoms with E-state index in [0.29, 0.717) is 6.42 Å². The monoisotopic (exact) mass is 169 g/mol. The number of allylic oxidation sites excluding steroid dienone is 2. The molecule has 0 N–H and O–H groups in total. The second-order valence-electron chi connectivity index (χ2n) is 2.87. The molecule has 0 spiro atoms. The molecule has 0 saturated heterocycles. The van der Waals surface area contributed by atoms with Gasteiger partial charge in [-0.25, -0.2) is 0 Å². The van der Waals surface area contributed by atoms with Crippen molar-refractivity contribution < 1.29 is 4.39 Å². The van der Waals surface area contributed by atoms with Crippen molar-refractivity contribution in [3.63, 3.8) is 0 Å². The van der Waals surface area contributed by atoms with E-state index in [9.17, 15) is 4.39 Å². The minimum absolute atomic E-state index is 0.648. The van der Waals surface area contributed by atoms with Gasteiger partial charge in [-0.1, -0.05) is 32.6 Å². The highest BCUT2D eigenvalue weighted by molar-refractivity contribution is 5.11. The quantitative estimate of drug-likeness (QED) is 0.439. The maximum absolute atomic E-state index is 12.2. The van der Waals surface area contributed by atoms with E-state index in [2.05, 4.69) is 6.92 Å². The largest absolute Gasteiger partial charge is 0.196 e. The third-order valence-corrected chi connectivity index (χ3v) is 1.74. The Hall–Kier alpha value is -0.840. The van der Waals surface area contributed by atoms with Crippen LogP contribution in [0.2, 0.25) is 0 Å². The molecule has 0 fully saturated rings.